The summed E-state index contributed by atoms with van der Waals surface area (Å²) in [4.78, 5) is 0. The highest BCUT2D eigenvalue weighted by Crippen LogP contribution is 2.32. The fraction of sp³-hybridized carbons (Fsp3) is 1.00. The lowest BCUT2D eigenvalue weighted by molar-refractivity contribution is 0.175. The number of piperazine rings is 1. The second kappa shape index (κ2) is 7.64. The van der Waals surface area contributed by atoms with Gasteiger partial charge in [0.15, 0.2) is 0 Å². The molecule has 3 N–H and O–H groups in total. The molecule has 25 heavy (non-hydrogen) atoms. The molecule has 0 amide bonds. The van der Waals surface area contributed by atoms with Gasteiger partial charge in [-0.05, 0) is 50.2 Å². The zero-order valence-corrected chi connectivity index (χ0v) is 16.7. The van der Waals surface area contributed by atoms with Gasteiger partial charge in [-0.15, -0.1) is 0 Å². The average molecular weight is 389 g/mol. The van der Waals surface area contributed by atoms with Crippen molar-refractivity contribution in [1.29, 1.82) is 0 Å². The van der Waals surface area contributed by atoms with E-state index in [1.807, 2.05) is 0 Å². The van der Waals surface area contributed by atoms with E-state index in [0.29, 0.717) is 24.2 Å². The summed E-state index contributed by atoms with van der Waals surface area (Å²) in [5.74, 6) is 1.91. The Hall–Kier alpha value is 0.140. The van der Waals surface area contributed by atoms with Crippen molar-refractivity contribution < 1.29 is 8.42 Å². The van der Waals surface area contributed by atoms with E-state index in [9.17, 15) is 8.42 Å². The first-order chi connectivity index (χ1) is 12.0. The number of hydrazine groups is 1. The van der Waals surface area contributed by atoms with Crippen LogP contribution in [0.5, 0.6) is 0 Å². The van der Waals surface area contributed by atoms with Gasteiger partial charge in [-0.2, -0.15) is 11.8 Å². The fourth-order valence-corrected chi connectivity index (χ4v) is 7.38. The van der Waals surface area contributed by atoms with Crippen molar-refractivity contribution in [1.82, 2.24) is 21.1 Å². The molecule has 3 saturated heterocycles. The molecule has 144 valence electrons. The second-order valence-corrected chi connectivity index (χ2v) is 12.0. The monoisotopic (exact) mass is 388 g/mol. The lowest BCUT2D eigenvalue weighted by Crippen LogP contribution is -2.64. The normalized spacial score (nSPS) is 43.2. The Morgan fingerprint density at radius 2 is 1.92 bits per heavy atom. The standard InChI is InChI=1S/C17H32N4O2S2/c1-25(22,23)14-6-4-12(5-7-14)15-9-18-16-11-21(20-17(16)19-15)10-13-3-2-8-24-13/h12-20H,2-11H2,1H3. The van der Waals surface area contributed by atoms with E-state index in [2.05, 4.69) is 32.8 Å². The molecule has 4 unspecified atom stereocenters. The number of hydrogen-bond donors (Lipinski definition) is 3. The maximum absolute atomic E-state index is 11.8. The third-order valence-electron chi connectivity index (χ3n) is 6.48. The summed E-state index contributed by atoms with van der Waals surface area (Å²) in [6.07, 6.45) is 8.13. The highest BCUT2D eigenvalue weighted by molar-refractivity contribution is 8.00. The number of fused-ring (bicyclic) bond motifs is 1. The van der Waals surface area contributed by atoms with E-state index >= 15 is 0 Å². The summed E-state index contributed by atoms with van der Waals surface area (Å²) in [5, 5.41) is 10.6. The largest absolute Gasteiger partial charge is 0.308 e. The Bertz CT molecular complexity index is 559. The van der Waals surface area contributed by atoms with Crippen molar-refractivity contribution in [3.05, 3.63) is 0 Å². The molecule has 0 bridgehead atoms. The number of sulfone groups is 1. The van der Waals surface area contributed by atoms with Gasteiger partial charge < -0.3 is 5.32 Å². The van der Waals surface area contributed by atoms with Crippen molar-refractivity contribution in [2.45, 2.75) is 67.3 Å². The zero-order valence-electron chi connectivity index (χ0n) is 15.1. The molecule has 0 aromatic carbocycles. The molecular formula is C17H32N4O2S2. The first kappa shape index (κ1) is 18.5. The molecule has 3 heterocycles. The lowest BCUT2D eigenvalue weighted by atomic mass is 9.82. The molecular weight excluding hydrogens is 356 g/mol. The third kappa shape index (κ3) is 4.35. The molecule has 1 aliphatic carbocycles. The minimum absolute atomic E-state index is 0.114. The first-order valence-corrected chi connectivity index (χ1v) is 12.8. The van der Waals surface area contributed by atoms with Crippen LogP contribution in [0.3, 0.4) is 0 Å². The van der Waals surface area contributed by atoms with Crippen molar-refractivity contribution in [2.75, 3.05) is 31.6 Å². The van der Waals surface area contributed by atoms with Crippen LogP contribution < -0.4 is 16.1 Å². The Balaban J connectivity index is 1.27. The van der Waals surface area contributed by atoms with Gasteiger partial charge >= 0.3 is 0 Å². The fourth-order valence-electron chi connectivity index (χ4n) is 4.97. The Kier molecular flexibility index (Phi) is 5.65. The molecule has 0 radical (unpaired) electrons. The SMILES string of the molecule is CS(=O)(=O)C1CCC(C2CNC3CN(CC4CCCS4)NC3N2)CC1. The van der Waals surface area contributed by atoms with Crippen LogP contribution in [0.4, 0.5) is 0 Å². The Morgan fingerprint density at radius 1 is 1.12 bits per heavy atom. The van der Waals surface area contributed by atoms with Crippen LogP contribution in [0.15, 0.2) is 0 Å². The molecule has 3 aliphatic heterocycles. The van der Waals surface area contributed by atoms with E-state index in [0.717, 1.165) is 50.6 Å². The van der Waals surface area contributed by atoms with Crippen molar-refractivity contribution in [3.63, 3.8) is 0 Å². The summed E-state index contributed by atoms with van der Waals surface area (Å²) >= 11 is 2.12. The van der Waals surface area contributed by atoms with Gasteiger partial charge in [-0.3, -0.25) is 5.32 Å². The van der Waals surface area contributed by atoms with Crippen LogP contribution in [-0.2, 0) is 9.84 Å². The van der Waals surface area contributed by atoms with Gasteiger partial charge in [0, 0.05) is 37.2 Å². The molecule has 4 atom stereocenters. The van der Waals surface area contributed by atoms with Crippen molar-refractivity contribution in [2.24, 2.45) is 5.92 Å². The molecule has 4 fully saturated rings. The maximum Gasteiger partial charge on any atom is 0.150 e. The number of thioether (sulfide) groups is 1. The van der Waals surface area contributed by atoms with Gasteiger partial charge in [0.25, 0.3) is 0 Å². The number of nitrogens with one attached hydrogen (secondary N) is 3. The summed E-state index contributed by atoms with van der Waals surface area (Å²) < 4.78 is 23.5. The lowest BCUT2D eigenvalue weighted by Gasteiger charge is -2.40. The van der Waals surface area contributed by atoms with Crippen LogP contribution in [0.25, 0.3) is 0 Å². The smallest absolute Gasteiger partial charge is 0.150 e. The third-order valence-corrected chi connectivity index (χ3v) is 9.54. The summed E-state index contributed by atoms with van der Waals surface area (Å²) in [5.41, 5.74) is 3.67. The number of nitrogens with zero attached hydrogens (tertiary/aromatic N) is 1. The van der Waals surface area contributed by atoms with Crippen molar-refractivity contribution in [3.8, 4) is 0 Å². The molecule has 8 heteroatoms. The van der Waals surface area contributed by atoms with Crippen molar-refractivity contribution >= 4 is 21.6 Å². The molecule has 0 spiro atoms. The van der Waals surface area contributed by atoms with E-state index in [-0.39, 0.29) is 5.25 Å². The summed E-state index contributed by atoms with van der Waals surface area (Å²) in [6, 6.07) is 0.935. The molecule has 4 aliphatic rings. The van der Waals surface area contributed by atoms with Gasteiger partial charge in [0.05, 0.1) is 17.5 Å². The Labute approximate surface area is 156 Å². The van der Waals surface area contributed by atoms with Gasteiger partial charge in [0.2, 0.25) is 0 Å². The number of hydrogen-bond acceptors (Lipinski definition) is 7. The van der Waals surface area contributed by atoms with Gasteiger partial charge in [-0.1, -0.05) is 0 Å². The quantitative estimate of drug-likeness (QED) is 0.650. The molecule has 0 aromatic heterocycles. The maximum atomic E-state index is 11.8. The molecule has 1 saturated carbocycles. The molecule has 4 rings (SSSR count). The highest BCUT2D eigenvalue weighted by Gasteiger charge is 2.41. The minimum Gasteiger partial charge on any atom is -0.308 e. The van der Waals surface area contributed by atoms with Crippen LogP contribution in [-0.4, -0.2) is 73.8 Å². The number of rotatable bonds is 4. The van der Waals surface area contributed by atoms with E-state index in [1.165, 1.54) is 24.9 Å². The topological polar surface area (TPSA) is 73.5 Å². The Morgan fingerprint density at radius 3 is 2.60 bits per heavy atom. The van der Waals surface area contributed by atoms with Gasteiger partial charge in [0.1, 0.15) is 9.84 Å². The zero-order chi connectivity index (χ0) is 17.4. The average Bonchev–Trinajstić information content (AvgIpc) is 3.22. The first-order valence-electron chi connectivity index (χ1n) is 9.80. The predicted molar refractivity (Wildman–Crippen MR) is 103 cm³/mol. The summed E-state index contributed by atoms with van der Waals surface area (Å²) in [7, 11) is -2.87. The van der Waals surface area contributed by atoms with E-state index in [4.69, 9.17) is 0 Å². The van der Waals surface area contributed by atoms with E-state index < -0.39 is 9.84 Å². The summed E-state index contributed by atoms with van der Waals surface area (Å²) in [6.45, 7) is 3.22. The van der Waals surface area contributed by atoms with Crippen LogP contribution >= 0.6 is 11.8 Å². The van der Waals surface area contributed by atoms with Gasteiger partial charge in [-0.25, -0.2) is 18.9 Å². The van der Waals surface area contributed by atoms with Crippen LogP contribution in [0.2, 0.25) is 0 Å². The molecule has 6 nitrogen and oxygen atoms in total. The predicted octanol–water partition coefficient (Wildman–Crippen LogP) is 0.562. The van der Waals surface area contributed by atoms with Crippen LogP contribution in [0.1, 0.15) is 38.5 Å². The second-order valence-electron chi connectivity index (χ2n) is 8.30. The minimum atomic E-state index is -2.87. The van der Waals surface area contributed by atoms with E-state index in [1.54, 1.807) is 0 Å². The highest BCUT2D eigenvalue weighted by atomic mass is 32.2. The molecule has 0 aromatic rings. The van der Waals surface area contributed by atoms with Crippen LogP contribution in [0, 0.1) is 5.92 Å².